The second kappa shape index (κ2) is 3.27. The molecule has 0 bridgehead atoms. The first-order chi connectivity index (χ1) is 5.86. The summed E-state index contributed by atoms with van der Waals surface area (Å²) in [6.45, 7) is 0. The van der Waals surface area contributed by atoms with Gasteiger partial charge in [0.25, 0.3) is 0 Å². The normalized spacial score (nSPS) is 30.4. The van der Waals surface area contributed by atoms with Gasteiger partial charge in [-0.3, -0.25) is 4.68 Å². The second-order valence-electron chi connectivity index (χ2n) is 3.45. The maximum Gasteiger partial charge on any atom is 0.0541 e. The summed E-state index contributed by atoms with van der Waals surface area (Å²) in [5.41, 5.74) is 0. The fourth-order valence-corrected chi connectivity index (χ4v) is 1.82. The fraction of sp³-hybridized carbons (Fsp3) is 0.667. The van der Waals surface area contributed by atoms with E-state index in [0.717, 1.165) is 25.7 Å². The zero-order valence-electron chi connectivity index (χ0n) is 7.06. The van der Waals surface area contributed by atoms with E-state index in [9.17, 15) is 5.11 Å². The maximum absolute atomic E-state index is 9.29. The van der Waals surface area contributed by atoms with Crippen LogP contribution in [-0.2, 0) is 0 Å². The van der Waals surface area contributed by atoms with Crippen molar-refractivity contribution in [3.05, 3.63) is 18.5 Å². The molecular formula is C9H14N2O. The van der Waals surface area contributed by atoms with Crippen LogP contribution in [0.5, 0.6) is 0 Å². The minimum atomic E-state index is -0.0724. The Bertz CT molecular complexity index is 225. The van der Waals surface area contributed by atoms with Gasteiger partial charge < -0.3 is 5.11 Å². The first-order valence-corrected chi connectivity index (χ1v) is 4.53. The van der Waals surface area contributed by atoms with Crippen molar-refractivity contribution in [2.24, 2.45) is 0 Å². The van der Waals surface area contributed by atoms with E-state index in [-0.39, 0.29) is 6.10 Å². The van der Waals surface area contributed by atoms with Crippen LogP contribution in [0, 0.1) is 0 Å². The van der Waals surface area contributed by atoms with Gasteiger partial charge in [-0.15, -0.1) is 0 Å². The number of aromatic nitrogens is 2. The molecule has 0 saturated heterocycles. The first kappa shape index (κ1) is 7.80. The summed E-state index contributed by atoms with van der Waals surface area (Å²) in [6, 6.07) is 2.47. The van der Waals surface area contributed by atoms with Gasteiger partial charge in [0.2, 0.25) is 0 Å². The summed E-state index contributed by atoms with van der Waals surface area (Å²) in [5.74, 6) is 0. The predicted molar refractivity (Wildman–Crippen MR) is 45.7 cm³/mol. The smallest absolute Gasteiger partial charge is 0.0541 e. The quantitative estimate of drug-likeness (QED) is 0.684. The van der Waals surface area contributed by atoms with Crippen molar-refractivity contribution in [1.29, 1.82) is 0 Å². The van der Waals surface area contributed by atoms with E-state index in [2.05, 4.69) is 5.10 Å². The van der Waals surface area contributed by atoms with Crippen molar-refractivity contribution in [3.8, 4) is 0 Å². The molecule has 0 aromatic carbocycles. The van der Waals surface area contributed by atoms with Gasteiger partial charge in [0.1, 0.15) is 0 Å². The Morgan fingerprint density at radius 2 is 2.00 bits per heavy atom. The average Bonchev–Trinajstić information content (AvgIpc) is 2.58. The standard InChI is InChI=1S/C9H14N2O/c12-9-4-2-8(3-5-9)11-7-1-6-10-11/h1,6-9,12H,2-5H2/t8-,9+. The molecule has 1 saturated carbocycles. The number of hydrogen-bond donors (Lipinski definition) is 1. The van der Waals surface area contributed by atoms with Gasteiger partial charge in [0, 0.05) is 12.4 Å². The summed E-state index contributed by atoms with van der Waals surface area (Å²) in [6.07, 6.45) is 7.70. The molecule has 0 spiro atoms. The number of aliphatic hydroxyl groups excluding tert-OH is 1. The Kier molecular flexibility index (Phi) is 2.13. The number of nitrogens with zero attached hydrogens (tertiary/aromatic N) is 2. The van der Waals surface area contributed by atoms with Crippen LogP contribution < -0.4 is 0 Å². The Morgan fingerprint density at radius 1 is 1.25 bits per heavy atom. The molecule has 0 aliphatic heterocycles. The molecule has 1 N–H and O–H groups in total. The highest BCUT2D eigenvalue weighted by molar-refractivity contribution is 4.84. The van der Waals surface area contributed by atoms with Gasteiger partial charge in [0.15, 0.2) is 0 Å². The Morgan fingerprint density at radius 3 is 2.58 bits per heavy atom. The fourth-order valence-electron chi connectivity index (χ4n) is 1.82. The lowest BCUT2D eigenvalue weighted by Crippen LogP contribution is -2.21. The minimum absolute atomic E-state index is 0.0724. The molecule has 3 nitrogen and oxygen atoms in total. The van der Waals surface area contributed by atoms with Gasteiger partial charge in [-0.25, -0.2) is 0 Å². The third-order valence-electron chi connectivity index (χ3n) is 2.57. The van der Waals surface area contributed by atoms with Crippen LogP contribution in [0.15, 0.2) is 18.5 Å². The van der Waals surface area contributed by atoms with Gasteiger partial charge in [-0.1, -0.05) is 0 Å². The topological polar surface area (TPSA) is 38.0 Å². The molecule has 0 radical (unpaired) electrons. The molecular weight excluding hydrogens is 152 g/mol. The molecule has 1 aliphatic carbocycles. The Labute approximate surface area is 72.0 Å². The van der Waals surface area contributed by atoms with Crippen LogP contribution in [0.25, 0.3) is 0 Å². The molecule has 0 amide bonds. The monoisotopic (exact) mass is 166 g/mol. The van der Waals surface area contributed by atoms with E-state index >= 15 is 0 Å². The van der Waals surface area contributed by atoms with E-state index in [4.69, 9.17) is 0 Å². The minimum Gasteiger partial charge on any atom is -0.393 e. The molecule has 1 aromatic heterocycles. The van der Waals surface area contributed by atoms with Crippen LogP contribution >= 0.6 is 0 Å². The van der Waals surface area contributed by atoms with Crippen molar-refractivity contribution >= 4 is 0 Å². The van der Waals surface area contributed by atoms with Gasteiger partial charge in [-0.05, 0) is 31.7 Å². The molecule has 3 heteroatoms. The van der Waals surface area contributed by atoms with Crippen molar-refractivity contribution in [1.82, 2.24) is 9.78 Å². The Balaban J connectivity index is 1.99. The lowest BCUT2D eigenvalue weighted by Gasteiger charge is -2.25. The molecule has 12 heavy (non-hydrogen) atoms. The van der Waals surface area contributed by atoms with Crippen molar-refractivity contribution < 1.29 is 5.11 Å². The van der Waals surface area contributed by atoms with Crippen molar-refractivity contribution in [2.45, 2.75) is 37.8 Å². The van der Waals surface area contributed by atoms with Gasteiger partial charge in [0.05, 0.1) is 12.1 Å². The van der Waals surface area contributed by atoms with E-state index in [1.807, 2.05) is 23.1 Å². The summed E-state index contributed by atoms with van der Waals surface area (Å²) in [7, 11) is 0. The Hall–Kier alpha value is -0.830. The third-order valence-corrected chi connectivity index (χ3v) is 2.57. The zero-order chi connectivity index (χ0) is 8.39. The number of hydrogen-bond acceptors (Lipinski definition) is 2. The third kappa shape index (κ3) is 1.50. The summed E-state index contributed by atoms with van der Waals surface area (Å²) < 4.78 is 2.01. The molecule has 1 heterocycles. The molecule has 2 rings (SSSR count). The molecule has 1 fully saturated rings. The molecule has 1 aromatic rings. The van der Waals surface area contributed by atoms with Crippen LogP contribution in [-0.4, -0.2) is 21.0 Å². The molecule has 0 unspecified atom stereocenters. The SMILES string of the molecule is O[C@H]1CC[C@@H](n2cccn2)CC1. The van der Waals surface area contributed by atoms with Crippen molar-refractivity contribution in [2.75, 3.05) is 0 Å². The van der Waals surface area contributed by atoms with E-state index < -0.39 is 0 Å². The summed E-state index contributed by atoms with van der Waals surface area (Å²) >= 11 is 0. The number of aliphatic hydroxyl groups is 1. The maximum atomic E-state index is 9.29. The summed E-state index contributed by atoms with van der Waals surface area (Å²) in [5, 5.41) is 13.5. The van der Waals surface area contributed by atoms with Crippen LogP contribution in [0.4, 0.5) is 0 Å². The van der Waals surface area contributed by atoms with Crippen LogP contribution in [0.2, 0.25) is 0 Å². The summed E-state index contributed by atoms with van der Waals surface area (Å²) in [4.78, 5) is 0. The van der Waals surface area contributed by atoms with Gasteiger partial charge >= 0.3 is 0 Å². The second-order valence-corrected chi connectivity index (χ2v) is 3.45. The van der Waals surface area contributed by atoms with E-state index in [0.29, 0.717) is 6.04 Å². The lowest BCUT2D eigenvalue weighted by molar-refractivity contribution is 0.108. The highest BCUT2D eigenvalue weighted by atomic mass is 16.3. The van der Waals surface area contributed by atoms with Crippen LogP contribution in [0.1, 0.15) is 31.7 Å². The van der Waals surface area contributed by atoms with E-state index in [1.54, 1.807) is 0 Å². The average molecular weight is 166 g/mol. The highest BCUT2D eigenvalue weighted by Crippen LogP contribution is 2.27. The predicted octanol–water partition coefficient (Wildman–Crippen LogP) is 1.36. The van der Waals surface area contributed by atoms with Crippen molar-refractivity contribution in [3.63, 3.8) is 0 Å². The number of rotatable bonds is 1. The van der Waals surface area contributed by atoms with Crippen LogP contribution in [0.3, 0.4) is 0 Å². The van der Waals surface area contributed by atoms with E-state index in [1.165, 1.54) is 0 Å². The largest absolute Gasteiger partial charge is 0.393 e. The zero-order valence-corrected chi connectivity index (χ0v) is 7.06. The first-order valence-electron chi connectivity index (χ1n) is 4.53. The molecule has 0 atom stereocenters. The molecule has 66 valence electrons. The van der Waals surface area contributed by atoms with Gasteiger partial charge in [-0.2, -0.15) is 5.10 Å². The lowest BCUT2D eigenvalue weighted by atomic mass is 9.93. The molecule has 1 aliphatic rings. The highest BCUT2D eigenvalue weighted by Gasteiger charge is 2.20.